The van der Waals surface area contributed by atoms with E-state index in [1.54, 1.807) is 0 Å². The number of ether oxygens (including phenoxy) is 1. The lowest BCUT2D eigenvalue weighted by molar-refractivity contribution is -0.139. The zero-order valence-electron chi connectivity index (χ0n) is 22.1. The average Bonchev–Trinajstić information content (AvgIpc) is 3.25. The van der Waals surface area contributed by atoms with Crippen molar-refractivity contribution in [3.8, 4) is 0 Å². The van der Waals surface area contributed by atoms with E-state index in [-0.39, 0.29) is 18.0 Å². The summed E-state index contributed by atoms with van der Waals surface area (Å²) < 4.78 is 5.74. The van der Waals surface area contributed by atoms with E-state index in [4.69, 9.17) is 21.2 Å². The van der Waals surface area contributed by atoms with Gasteiger partial charge < -0.3 is 26.4 Å². The van der Waals surface area contributed by atoms with E-state index < -0.39 is 0 Å². The standard InChI is InChI=1S/C27H48N6O2/c1-3-5-7-8-10-13-20-19-21-15-16-23-24(25(34)35-18-12-11-17-30-26(28)29)22(14-9-6-4-2)32-27(31-20)33(21)23/h20-22H,3-19H2,1-2H3,(H,31,32)(H4,28,29,30)/t20-,21?,22+/m0/s1. The molecule has 0 amide bonds. The van der Waals surface area contributed by atoms with Crippen LogP contribution in [-0.2, 0) is 9.53 Å². The Kier molecular flexibility index (Phi) is 11.2. The lowest BCUT2D eigenvalue weighted by Crippen LogP contribution is -2.56. The number of nitrogens with two attached hydrogens (primary N) is 2. The van der Waals surface area contributed by atoms with Crippen molar-refractivity contribution in [1.82, 2.24) is 10.2 Å². The number of hydrogen-bond acceptors (Lipinski definition) is 6. The van der Waals surface area contributed by atoms with Crippen LogP contribution in [0.3, 0.4) is 0 Å². The van der Waals surface area contributed by atoms with Gasteiger partial charge in [-0.05, 0) is 44.9 Å². The van der Waals surface area contributed by atoms with Crippen molar-refractivity contribution in [3.05, 3.63) is 11.3 Å². The Morgan fingerprint density at radius 2 is 1.80 bits per heavy atom. The van der Waals surface area contributed by atoms with Crippen LogP contribution in [0.5, 0.6) is 0 Å². The van der Waals surface area contributed by atoms with Gasteiger partial charge in [-0.3, -0.25) is 4.99 Å². The number of nitrogens with one attached hydrogen (secondary N) is 1. The molecular weight excluding hydrogens is 440 g/mol. The van der Waals surface area contributed by atoms with Gasteiger partial charge in [-0.15, -0.1) is 0 Å². The summed E-state index contributed by atoms with van der Waals surface area (Å²) in [6.07, 6.45) is 16.8. The minimum atomic E-state index is -0.190. The Balaban J connectivity index is 1.63. The predicted octanol–water partition coefficient (Wildman–Crippen LogP) is 4.34. The number of rotatable bonds is 16. The van der Waals surface area contributed by atoms with Gasteiger partial charge in [0.1, 0.15) is 0 Å². The highest BCUT2D eigenvalue weighted by molar-refractivity contribution is 5.96. The van der Waals surface area contributed by atoms with Crippen molar-refractivity contribution in [2.45, 2.75) is 128 Å². The minimum absolute atomic E-state index is 0.101. The Hall–Kier alpha value is -2.25. The summed E-state index contributed by atoms with van der Waals surface area (Å²) in [6.45, 7) is 5.41. The molecule has 8 heteroatoms. The summed E-state index contributed by atoms with van der Waals surface area (Å²) in [7, 11) is 0. The molecule has 0 aliphatic carbocycles. The third-order valence-electron chi connectivity index (χ3n) is 7.45. The molecule has 3 aliphatic rings. The Morgan fingerprint density at radius 3 is 2.57 bits per heavy atom. The molecule has 3 rings (SSSR count). The molecule has 1 unspecified atom stereocenters. The number of hydrogen-bond donors (Lipinski definition) is 3. The van der Waals surface area contributed by atoms with Gasteiger partial charge in [0.2, 0.25) is 0 Å². The van der Waals surface area contributed by atoms with Crippen molar-refractivity contribution in [2.75, 3.05) is 13.2 Å². The minimum Gasteiger partial charge on any atom is -0.462 e. The molecule has 0 aromatic heterocycles. The monoisotopic (exact) mass is 488 g/mol. The number of carbonyl (C=O) groups excluding carboxylic acids is 1. The molecule has 2 fully saturated rings. The van der Waals surface area contributed by atoms with E-state index in [0.29, 0.717) is 25.2 Å². The van der Waals surface area contributed by atoms with Gasteiger partial charge in [0.25, 0.3) is 0 Å². The van der Waals surface area contributed by atoms with Gasteiger partial charge in [0.05, 0.1) is 18.2 Å². The molecule has 0 radical (unpaired) electrons. The molecular formula is C27H48N6O2. The first-order chi connectivity index (χ1) is 17.0. The largest absolute Gasteiger partial charge is 0.462 e. The fraction of sp³-hybridized carbons (Fsp3) is 0.815. The normalized spacial score (nSPS) is 23.0. The van der Waals surface area contributed by atoms with Crippen LogP contribution in [0.2, 0.25) is 0 Å². The summed E-state index contributed by atoms with van der Waals surface area (Å²) in [4.78, 5) is 24.7. The van der Waals surface area contributed by atoms with Gasteiger partial charge in [0, 0.05) is 24.3 Å². The topological polar surface area (TPSA) is 118 Å². The maximum absolute atomic E-state index is 13.3. The average molecular weight is 489 g/mol. The Morgan fingerprint density at radius 1 is 1.06 bits per heavy atom. The fourth-order valence-corrected chi connectivity index (χ4v) is 5.60. The van der Waals surface area contributed by atoms with Crippen LogP contribution in [0.1, 0.15) is 110 Å². The van der Waals surface area contributed by atoms with Crippen molar-refractivity contribution in [1.29, 1.82) is 0 Å². The summed E-state index contributed by atoms with van der Waals surface area (Å²) in [5.41, 5.74) is 12.7. The van der Waals surface area contributed by atoms with Gasteiger partial charge in [-0.2, -0.15) is 0 Å². The summed E-state index contributed by atoms with van der Waals surface area (Å²) in [5.74, 6) is 0.914. The number of allylic oxidation sites excluding steroid dienone is 1. The van der Waals surface area contributed by atoms with Crippen LogP contribution < -0.4 is 16.8 Å². The molecule has 3 heterocycles. The highest BCUT2D eigenvalue weighted by Crippen LogP contribution is 2.40. The first-order valence-corrected chi connectivity index (χ1v) is 14.1. The number of nitrogens with zero attached hydrogens (tertiary/aromatic N) is 3. The van der Waals surface area contributed by atoms with Gasteiger partial charge in [-0.25, -0.2) is 9.79 Å². The van der Waals surface area contributed by atoms with Crippen LogP contribution in [-0.4, -0.2) is 54.1 Å². The van der Waals surface area contributed by atoms with Crippen molar-refractivity contribution in [2.24, 2.45) is 21.5 Å². The van der Waals surface area contributed by atoms with Crippen molar-refractivity contribution in [3.63, 3.8) is 0 Å². The van der Waals surface area contributed by atoms with Gasteiger partial charge in [-0.1, -0.05) is 65.2 Å². The maximum Gasteiger partial charge on any atom is 0.337 e. The quantitative estimate of drug-likeness (QED) is 0.129. The summed E-state index contributed by atoms with van der Waals surface area (Å²) >= 11 is 0. The summed E-state index contributed by atoms with van der Waals surface area (Å²) in [6, 6.07) is 0.835. The van der Waals surface area contributed by atoms with Gasteiger partial charge >= 0.3 is 5.97 Å². The zero-order valence-corrected chi connectivity index (χ0v) is 22.1. The molecule has 5 N–H and O–H groups in total. The van der Waals surface area contributed by atoms with Crippen LogP contribution in [0.25, 0.3) is 0 Å². The highest BCUT2D eigenvalue weighted by Gasteiger charge is 2.44. The van der Waals surface area contributed by atoms with Crippen LogP contribution in [0.4, 0.5) is 0 Å². The van der Waals surface area contributed by atoms with Crippen LogP contribution in [0, 0.1) is 0 Å². The van der Waals surface area contributed by atoms with Gasteiger partial charge in [0.15, 0.2) is 11.9 Å². The first-order valence-electron chi connectivity index (χ1n) is 14.1. The summed E-state index contributed by atoms with van der Waals surface area (Å²) in [5, 5.41) is 3.76. The molecule has 0 aromatic carbocycles. The van der Waals surface area contributed by atoms with E-state index in [1.807, 2.05) is 0 Å². The van der Waals surface area contributed by atoms with Crippen molar-refractivity contribution >= 4 is 17.9 Å². The molecule has 8 nitrogen and oxygen atoms in total. The number of guanidine groups is 2. The Bertz CT molecular complexity index is 774. The molecule has 3 atom stereocenters. The molecule has 0 saturated carbocycles. The number of carbonyl (C=O) groups is 1. The molecule has 35 heavy (non-hydrogen) atoms. The third kappa shape index (κ3) is 7.87. The molecule has 0 aromatic rings. The maximum atomic E-state index is 13.3. The molecule has 0 bridgehead atoms. The fourth-order valence-electron chi connectivity index (χ4n) is 5.60. The van der Waals surface area contributed by atoms with Crippen LogP contribution in [0.15, 0.2) is 21.3 Å². The zero-order chi connectivity index (χ0) is 25.0. The van der Waals surface area contributed by atoms with E-state index in [0.717, 1.165) is 75.0 Å². The second kappa shape index (κ2) is 14.3. The second-order valence-electron chi connectivity index (χ2n) is 10.3. The number of unbranched alkanes of at least 4 members (excludes halogenated alkanes) is 7. The number of esters is 1. The van der Waals surface area contributed by atoms with Crippen molar-refractivity contribution < 1.29 is 9.53 Å². The van der Waals surface area contributed by atoms with E-state index in [9.17, 15) is 4.79 Å². The molecule has 198 valence electrons. The lowest BCUT2D eigenvalue weighted by Gasteiger charge is -2.42. The second-order valence-corrected chi connectivity index (χ2v) is 10.3. The SMILES string of the molecule is CCCCCCC[C@H]1CC2CCC3=C(C(=O)OCCCCN=C(N)N)[C@@H](CCCCC)N=C(N1)N32. The number of aliphatic imine (C=N–C) groups is 2. The third-order valence-corrected chi connectivity index (χ3v) is 7.45. The highest BCUT2D eigenvalue weighted by atomic mass is 16.5. The Labute approximate surface area is 212 Å². The van der Waals surface area contributed by atoms with E-state index in [1.165, 1.54) is 38.5 Å². The molecule has 3 aliphatic heterocycles. The predicted molar refractivity (Wildman–Crippen MR) is 143 cm³/mol. The van der Waals surface area contributed by atoms with Crippen LogP contribution >= 0.6 is 0 Å². The molecule has 0 spiro atoms. The first kappa shape index (κ1) is 27.3. The van der Waals surface area contributed by atoms with E-state index >= 15 is 0 Å². The lowest BCUT2D eigenvalue weighted by atomic mass is 9.95. The smallest absolute Gasteiger partial charge is 0.337 e. The van der Waals surface area contributed by atoms with E-state index in [2.05, 4.69) is 29.1 Å². The molecule has 2 saturated heterocycles.